The van der Waals surface area contributed by atoms with E-state index in [1.165, 1.54) is 35.2 Å². The van der Waals surface area contributed by atoms with Crippen LogP contribution in [-0.2, 0) is 16.1 Å². The number of carbonyl (C=O) groups is 2. The van der Waals surface area contributed by atoms with Gasteiger partial charge in [0.1, 0.15) is 11.5 Å². The topological polar surface area (TPSA) is 90.7 Å². The maximum Gasteiger partial charge on any atom is 0.295 e. The van der Waals surface area contributed by atoms with Crippen molar-refractivity contribution in [2.45, 2.75) is 12.6 Å². The standard InChI is InChI=1S/C23H16Cl2N2O4/c24-17-6-3-15(11-18(17)25)21(29)19-20(14-1-4-16(28)5-2-14)27(23(31)22(19)30)12-13-7-9-26-10-8-13/h1-11,20,28-29H,12H2/b21-19-. The van der Waals surface area contributed by atoms with Crippen LogP contribution in [0.3, 0.4) is 0 Å². The summed E-state index contributed by atoms with van der Waals surface area (Å²) in [5.41, 5.74) is 1.53. The summed E-state index contributed by atoms with van der Waals surface area (Å²) in [6, 6.07) is 13.2. The van der Waals surface area contributed by atoms with Gasteiger partial charge in [0.15, 0.2) is 0 Å². The number of Topliss-reactive ketones (excluding diaryl/α,β-unsaturated/α-hetero) is 1. The lowest BCUT2D eigenvalue weighted by molar-refractivity contribution is -0.140. The monoisotopic (exact) mass is 454 g/mol. The summed E-state index contributed by atoms with van der Waals surface area (Å²) in [5, 5.41) is 21.2. The normalized spacial score (nSPS) is 17.9. The van der Waals surface area contributed by atoms with Gasteiger partial charge in [0, 0.05) is 24.5 Å². The van der Waals surface area contributed by atoms with Crippen LogP contribution in [0.15, 0.2) is 72.6 Å². The first kappa shape index (κ1) is 20.9. The Balaban J connectivity index is 1.87. The van der Waals surface area contributed by atoms with E-state index < -0.39 is 17.7 Å². The first-order valence-corrected chi connectivity index (χ1v) is 10.0. The average molecular weight is 455 g/mol. The number of carbonyl (C=O) groups excluding carboxylic acids is 2. The fourth-order valence-electron chi connectivity index (χ4n) is 3.53. The predicted octanol–water partition coefficient (Wildman–Crippen LogP) is 4.72. The highest BCUT2D eigenvalue weighted by Crippen LogP contribution is 2.41. The van der Waals surface area contributed by atoms with E-state index in [2.05, 4.69) is 4.98 Å². The highest BCUT2D eigenvalue weighted by molar-refractivity contribution is 6.46. The average Bonchev–Trinajstić information content (AvgIpc) is 3.01. The van der Waals surface area contributed by atoms with Crippen molar-refractivity contribution in [1.82, 2.24) is 9.88 Å². The van der Waals surface area contributed by atoms with E-state index in [-0.39, 0.29) is 34.2 Å². The number of aliphatic hydroxyl groups excluding tert-OH is 1. The predicted molar refractivity (Wildman–Crippen MR) is 117 cm³/mol. The molecule has 1 aliphatic heterocycles. The van der Waals surface area contributed by atoms with E-state index >= 15 is 0 Å². The van der Waals surface area contributed by atoms with Gasteiger partial charge in [-0.15, -0.1) is 0 Å². The Morgan fingerprint density at radius 1 is 0.968 bits per heavy atom. The second kappa shape index (κ2) is 8.41. The first-order chi connectivity index (χ1) is 14.9. The van der Waals surface area contributed by atoms with Gasteiger partial charge in [-0.25, -0.2) is 0 Å². The molecule has 2 aromatic carbocycles. The molecular formula is C23H16Cl2N2O4. The summed E-state index contributed by atoms with van der Waals surface area (Å²) in [7, 11) is 0. The van der Waals surface area contributed by atoms with Crippen molar-refractivity contribution in [3.63, 3.8) is 0 Å². The quantitative estimate of drug-likeness (QED) is 0.338. The molecule has 1 unspecified atom stereocenters. The summed E-state index contributed by atoms with van der Waals surface area (Å²) in [4.78, 5) is 31.3. The molecule has 1 fully saturated rings. The molecule has 0 bridgehead atoms. The SMILES string of the molecule is O=C1C(=O)N(Cc2ccncc2)C(c2ccc(O)cc2)/C1=C(/O)c1ccc(Cl)c(Cl)c1. The van der Waals surface area contributed by atoms with Crippen LogP contribution in [0.2, 0.25) is 10.0 Å². The Labute approximate surface area is 188 Å². The Kier molecular flexibility index (Phi) is 5.67. The number of aliphatic hydroxyl groups is 1. The minimum Gasteiger partial charge on any atom is -0.508 e. The molecule has 3 aromatic rings. The van der Waals surface area contributed by atoms with Gasteiger partial charge in [-0.2, -0.15) is 0 Å². The highest BCUT2D eigenvalue weighted by atomic mass is 35.5. The maximum atomic E-state index is 13.0. The number of hydrogen-bond donors (Lipinski definition) is 2. The number of amides is 1. The van der Waals surface area contributed by atoms with E-state index in [0.29, 0.717) is 10.6 Å². The molecular weight excluding hydrogens is 439 g/mol. The van der Waals surface area contributed by atoms with Gasteiger partial charge in [-0.05, 0) is 53.6 Å². The number of ketones is 1. The van der Waals surface area contributed by atoms with Crippen molar-refractivity contribution in [3.8, 4) is 5.75 Å². The van der Waals surface area contributed by atoms with E-state index in [9.17, 15) is 19.8 Å². The Hall–Kier alpha value is -3.35. The molecule has 1 aliphatic rings. The lowest BCUT2D eigenvalue weighted by Crippen LogP contribution is -2.29. The molecule has 31 heavy (non-hydrogen) atoms. The van der Waals surface area contributed by atoms with Gasteiger partial charge >= 0.3 is 0 Å². The van der Waals surface area contributed by atoms with Gasteiger partial charge < -0.3 is 15.1 Å². The zero-order valence-electron chi connectivity index (χ0n) is 16.0. The summed E-state index contributed by atoms with van der Waals surface area (Å²) >= 11 is 12.0. The second-order valence-corrected chi connectivity index (χ2v) is 7.82. The molecule has 0 spiro atoms. The van der Waals surface area contributed by atoms with Crippen LogP contribution in [0.25, 0.3) is 5.76 Å². The number of hydrogen-bond acceptors (Lipinski definition) is 5. The Bertz CT molecular complexity index is 1190. The lowest BCUT2D eigenvalue weighted by atomic mass is 9.95. The minimum absolute atomic E-state index is 0.0410. The van der Waals surface area contributed by atoms with Gasteiger partial charge in [-0.3, -0.25) is 14.6 Å². The van der Waals surface area contributed by atoms with E-state index in [1.807, 2.05) is 0 Å². The molecule has 1 saturated heterocycles. The van der Waals surface area contributed by atoms with Crippen molar-refractivity contribution in [1.29, 1.82) is 0 Å². The molecule has 0 saturated carbocycles. The number of aromatic nitrogens is 1. The number of halogens is 2. The minimum atomic E-state index is -0.858. The number of rotatable bonds is 4. The van der Waals surface area contributed by atoms with Crippen molar-refractivity contribution in [2.75, 3.05) is 0 Å². The summed E-state index contributed by atoms with van der Waals surface area (Å²) < 4.78 is 0. The molecule has 156 valence electrons. The van der Waals surface area contributed by atoms with E-state index in [4.69, 9.17) is 23.2 Å². The highest BCUT2D eigenvalue weighted by Gasteiger charge is 2.46. The molecule has 0 aliphatic carbocycles. The van der Waals surface area contributed by atoms with Gasteiger partial charge in [0.25, 0.3) is 11.7 Å². The third-order valence-corrected chi connectivity index (χ3v) is 5.78. The molecule has 1 amide bonds. The smallest absolute Gasteiger partial charge is 0.295 e. The van der Waals surface area contributed by atoms with E-state index in [1.54, 1.807) is 36.7 Å². The first-order valence-electron chi connectivity index (χ1n) is 9.28. The van der Waals surface area contributed by atoms with Gasteiger partial charge in [0.05, 0.1) is 21.7 Å². The molecule has 0 radical (unpaired) electrons. The molecule has 4 rings (SSSR count). The summed E-state index contributed by atoms with van der Waals surface area (Å²) in [6.45, 7) is 0.136. The van der Waals surface area contributed by atoms with E-state index in [0.717, 1.165) is 5.56 Å². The zero-order chi connectivity index (χ0) is 22.1. The number of benzene rings is 2. The number of nitrogens with zero attached hydrogens (tertiary/aromatic N) is 2. The molecule has 1 aromatic heterocycles. The molecule has 8 heteroatoms. The molecule has 2 N–H and O–H groups in total. The Morgan fingerprint density at radius 3 is 2.29 bits per heavy atom. The molecule has 2 heterocycles. The summed E-state index contributed by atoms with van der Waals surface area (Å²) in [6.07, 6.45) is 3.19. The van der Waals surface area contributed by atoms with Crippen molar-refractivity contribution >= 4 is 40.7 Å². The van der Waals surface area contributed by atoms with Crippen LogP contribution < -0.4 is 0 Å². The third-order valence-electron chi connectivity index (χ3n) is 5.04. The lowest BCUT2D eigenvalue weighted by Gasteiger charge is -2.25. The van der Waals surface area contributed by atoms with Crippen molar-refractivity contribution in [3.05, 3.63) is 99.3 Å². The Morgan fingerprint density at radius 2 is 1.65 bits per heavy atom. The molecule has 6 nitrogen and oxygen atoms in total. The van der Waals surface area contributed by atoms with Crippen molar-refractivity contribution < 1.29 is 19.8 Å². The molecule has 1 atom stereocenters. The number of phenolic OH excluding ortho intramolecular Hbond substituents is 1. The van der Waals surface area contributed by atoms with Gasteiger partial charge in [-0.1, -0.05) is 35.3 Å². The second-order valence-electron chi connectivity index (χ2n) is 7.00. The fourth-order valence-corrected chi connectivity index (χ4v) is 3.83. The summed E-state index contributed by atoms with van der Waals surface area (Å²) in [5.74, 6) is -1.86. The van der Waals surface area contributed by atoms with Crippen molar-refractivity contribution in [2.24, 2.45) is 0 Å². The van der Waals surface area contributed by atoms with Crippen LogP contribution >= 0.6 is 23.2 Å². The van der Waals surface area contributed by atoms with Crippen LogP contribution in [-0.4, -0.2) is 31.8 Å². The number of pyridine rings is 1. The van der Waals surface area contributed by atoms with Gasteiger partial charge in [0.2, 0.25) is 0 Å². The largest absolute Gasteiger partial charge is 0.508 e. The third kappa shape index (κ3) is 4.00. The van der Waals surface area contributed by atoms with Crippen LogP contribution in [0.5, 0.6) is 5.75 Å². The maximum absolute atomic E-state index is 13.0. The van der Waals surface area contributed by atoms with Crippen LogP contribution in [0.4, 0.5) is 0 Å². The number of phenols is 1. The zero-order valence-corrected chi connectivity index (χ0v) is 17.5. The number of likely N-dealkylation sites (tertiary alicyclic amines) is 1. The fraction of sp³-hybridized carbons (Fsp3) is 0.0870. The number of aromatic hydroxyl groups is 1. The van der Waals surface area contributed by atoms with Crippen LogP contribution in [0.1, 0.15) is 22.7 Å². The van der Waals surface area contributed by atoms with Crippen LogP contribution in [0, 0.1) is 0 Å².